The molecule has 3 aromatic rings. The average Bonchev–Trinajstić information content (AvgIpc) is 3.63. The Labute approximate surface area is 227 Å². The molecule has 3 aliphatic rings. The van der Waals surface area contributed by atoms with Gasteiger partial charge >= 0.3 is 5.97 Å². The fourth-order valence-corrected chi connectivity index (χ4v) is 6.89. The molecule has 3 aromatic carbocycles. The van der Waals surface area contributed by atoms with Gasteiger partial charge in [-0.1, -0.05) is 66.7 Å². The van der Waals surface area contributed by atoms with Gasteiger partial charge in [0.2, 0.25) is 11.8 Å². The molecule has 0 unspecified atom stereocenters. The number of hydrogen-bond donors (Lipinski definition) is 1. The van der Waals surface area contributed by atoms with Gasteiger partial charge < -0.3 is 10.1 Å². The quantitative estimate of drug-likeness (QED) is 0.360. The monoisotopic (exact) mass is 522 g/mol. The van der Waals surface area contributed by atoms with Gasteiger partial charge in [0.25, 0.3) is 5.91 Å². The van der Waals surface area contributed by atoms with E-state index < -0.39 is 18.5 Å². The SMILES string of the molecule is C[C@H](NC(=O)COC(=O)c1cccc(N2C(=O)[C@@H]3[C@@H]4C[C@@H]([C@H]3C2=O)[C@@H](c2ccccc2)C4)c1)c1ccccc1. The second-order valence-corrected chi connectivity index (χ2v) is 10.8. The molecule has 39 heavy (non-hydrogen) atoms. The number of rotatable bonds is 7. The number of anilines is 1. The normalized spacial score (nSPS) is 25.9. The molecule has 1 N–H and O–H groups in total. The number of esters is 1. The summed E-state index contributed by atoms with van der Waals surface area (Å²) >= 11 is 0. The predicted molar refractivity (Wildman–Crippen MR) is 145 cm³/mol. The Kier molecular flexibility index (Phi) is 6.51. The van der Waals surface area contributed by atoms with Crippen molar-refractivity contribution in [2.24, 2.45) is 23.7 Å². The molecule has 0 radical (unpaired) electrons. The smallest absolute Gasteiger partial charge is 0.338 e. The van der Waals surface area contributed by atoms with Crippen LogP contribution in [0.15, 0.2) is 84.9 Å². The third-order valence-corrected chi connectivity index (χ3v) is 8.59. The van der Waals surface area contributed by atoms with Crippen LogP contribution in [0, 0.1) is 23.7 Å². The summed E-state index contributed by atoms with van der Waals surface area (Å²) in [6.45, 7) is 1.42. The van der Waals surface area contributed by atoms with Gasteiger partial charge in [0.15, 0.2) is 6.61 Å². The van der Waals surface area contributed by atoms with Crippen molar-refractivity contribution >= 4 is 29.4 Å². The van der Waals surface area contributed by atoms with Crippen LogP contribution in [0.25, 0.3) is 0 Å². The minimum absolute atomic E-state index is 0.147. The zero-order valence-corrected chi connectivity index (χ0v) is 21.7. The van der Waals surface area contributed by atoms with Crippen molar-refractivity contribution in [3.8, 4) is 0 Å². The Hall–Kier alpha value is -4.26. The molecular formula is C32H30N2O5. The highest BCUT2D eigenvalue weighted by atomic mass is 16.5. The van der Waals surface area contributed by atoms with Gasteiger partial charge in [0.05, 0.1) is 29.1 Å². The molecule has 1 heterocycles. The Morgan fingerprint density at radius 3 is 2.33 bits per heavy atom. The second kappa shape index (κ2) is 10.1. The maximum absolute atomic E-state index is 13.6. The van der Waals surface area contributed by atoms with Crippen LogP contribution in [0.5, 0.6) is 0 Å². The summed E-state index contributed by atoms with van der Waals surface area (Å²) in [6.07, 6.45) is 1.82. The Morgan fingerprint density at radius 2 is 1.59 bits per heavy atom. The first-order valence-electron chi connectivity index (χ1n) is 13.5. The van der Waals surface area contributed by atoms with E-state index >= 15 is 0 Å². The topological polar surface area (TPSA) is 92.8 Å². The van der Waals surface area contributed by atoms with Crippen LogP contribution in [-0.4, -0.2) is 30.3 Å². The van der Waals surface area contributed by atoms with Gasteiger partial charge in [-0.2, -0.15) is 0 Å². The molecule has 1 aliphatic heterocycles. The minimum atomic E-state index is -0.692. The average molecular weight is 523 g/mol. The summed E-state index contributed by atoms with van der Waals surface area (Å²) in [6, 6.07) is 25.8. The first kappa shape index (κ1) is 25.0. The Morgan fingerprint density at radius 1 is 0.897 bits per heavy atom. The zero-order chi connectivity index (χ0) is 27.1. The van der Waals surface area contributed by atoms with Crippen molar-refractivity contribution in [2.75, 3.05) is 11.5 Å². The zero-order valence-electron chi connectivity index (χ0n) is 21.7. The molecular weight excluding hydrogens is 492 g/mol. The predicted octanol–water partition coefficient (Wildman–Crippen LogP) is 4.65. The maximum Gasteiger partial charge on any atom is 0.338 e. The summed E-state index contributed by atoms with van der Waals surface area (Å²) < 4.78 is 5.24. The van der Waals surface area contributed by atoms with Crippen LogP contribution < -0.4 is 10.2 Å². The van der Waals surface area contributed by atoms with Crippen LogP contribution in [0.1, 0.15) is 53.2 Å². The van der Waals surface area contributed by atoms with Crippen LogP contribution in [-0.2, 0) is 19.1 Å². The lowest BCUT2D eigenvalue weighted by Crippen LogP contribution is -2.33. The summed E-state index contributed by atoms with van der Waals surface area (Å²) in [7, 11) is 0. The van der Waals surface area contributed by atoms with E-state index in [-0.39, 0.29) is 53.0 Å². The highest BCUT2D eigenvalue weighted by Crippen LogP contribution is 2.61. The standard InChI is InChI=1S/C32H30N2O5/c1-19(20-9-4-2-5-10-20)33-27(35)18-39-32(38)22-13-8-14-24(15-22)34-30(36)28-23-16-25(21-11-6-3-7-12-21)26(17-23)29(28)31(34)37/h2-15,19,23,25-26,28-29H,16-18H2,1H3,(H,33,35)/t19-,23-,25+,26+,28+,29+/m0/s1. The van der Waals surface area contributed by atoms with Crippen molar-refractivity contribution in [3.63, 3.8) is 0 Å². The van der Waals surface area contributed by atoms with Gasteiger partial charge in [-0.05, 0) is 66.8 Å². The fourth-order valence-electron chi connectivity index (χ4n) is 6.89. The van der Waals surface area contributed by atoms with E-state index in [0.717, 1.165) is 18.4 Å². The molecule has 2 saturated carbocycles. The molecule has 3 amide bonds. The van der Waals surface area contributed by atoms with E-state index in [9.17, 15) is 19.2 Å². The molecule has 2 aliphatic carbocycles. The van der Waals surface area contributed by atoms with Crippen molar-refractivity contribution in [3.05, 3.63) is 102 Å². The van der Waals surface area contributed by atoms with Crippen LogP contribution in [0.2, 0.25) is 0 Å². The van der Waals surface area contributed by atoms with E-state index in [0.29, 0.717) is 5.69 Å². The van der Waals surface area contributed by atoms with E-state index in [1.54, 1.807) is 18.2 Å². The van der Waals surface area contributed by atoms with Crippen LogP contribution in [0.4, 0.5) is 5.69 Å². The van der Waals surface area contributed by atoms with Gasteiger partial charge in [-0.25, -0.2) is 4.79 Å². The lowest BCUT2D eigenvalue weighted by Gasteiger charge is -2.28. The number of benzene rings is 3. The molecule has 6 atom stereocenters. The summed E-state index contributed by atoms with van der Waals surface area (Å²) in [4.78, 5) is 53.5. The Balaban J connectivity index is 1.12. The number of fused-ring (bicyclic) bond motifs is 5. The molecule has 7 heteroatoms. The number of carbonyl (C=O) groups is 4. The summed E-state index contributed by atoms with van der Waals surface area (Å²) in [5.41, 5.74) is 2.72. The molecule has 0 spiro atoms. The lowest BCUT2D eigenvalue weighted by molar-refractivity contribution is -0.125. The van der Waals surface area contributed by atoms with Crippen LogP contribution >= 0.6 is 0 Å². The van der Waals surface area contributed by atoms with E-state index in [4.69, 9.17) is 4.74 Å². The number of ether oxygens (including phenoxy) is 1. The lowest BCUT2D eigenvalue weighted by atomic mass is 9.73. The second-order valence-electron chi connectivity index (χ2n) is 10.8. The number of carbonyl (C=O) groups excluding carboxylic acids is 4. The molecule has 7 nitrogen and oxygen atoms in total. The third kappa shape index (κ3) is 4.52. The first-order chi connectivity index (χ1) is 18.9. The Bertz CT molecular complexity index is 1420. The van der Waals surface area contributed by atoms with Crippen LogP contribution in [0.3, 0.4) is 0 Å². The molecule has 198 valence electrons. The minimum Gasteiger partial charge on any atom is -0.452 e. The summed E-state index contributed by atoms with van der Waals surface area (Å²) in [5.74, 6) is -1.47. The number of amides is 3. The van der Waals surface area contributed by atoms with E-state index in [1.807, 2.05) is 55.5 Å². The van der Waals surface area contributed by atoms with Crippen molar-refractivity contribution in [1.82, 2.24) is 5.32 Å². The highest BCUT2D eigenvalue weighted by molar-refractivity contribution is 6.23. The summed E-state index contributed by atoms with van der Waals surface area (Å²) in [5, 5.41) is 2.81. The van der Waals surface area contributed by atoms with Crippen molar-refractivity contribution in [1.29, 1.82) is 0 Å². The number of hydrogen-bond acceptors (Lipinski definition) is 5. The molecule has 0 aromatic heterocycles. The van der Waals surface area contributed by atoms with Gasteiger partial charge in [0, 0.05) is 0 Å². The molecule has 3 fully saturated rings. The number of nitrogens with one attached hydrogen (secondary N) is 1. The van der Waals surface area contributed by atoms with Gasteiger partial charge in [-0.15, -0.1) is 0 Å². The van der Waals surface area contributed by atoms with Crippen molar-refractivity contribution in [2.45, 2.75) is 31.7 Å². The number of imide groups is 1. The van der Waals surface area contributed by atoms with Gasteiger partial charge in [-0.3, -0.25) is 19.3 Å². The molecule has 1 saturated heterocycles. The molecule has 6 rings (SSSR count). The third-order valence-electron chi connectivity index (χ3n) is 8.59. The fraction of sp³-hybridized carbons (Fsp3) is 0.312. The maximum atomic E-state index is 13.6. The molecule has 2 bridgehead atoms. The van der Waals surface area contributed by atoms with Gasteiger partial charge in [0.1, 0.15) is 0 Å². The first-order valence-corrected chi connectivity index (χ1v) is 13.5. The number of nitrogens with zero attached hydrogens (tertiary/aromatic N) is 1. The highest BCUT2D eigenvalue weighted by Gasteiger charge is 2.64. The van der Waals surface area contributed by atoms with Crippen molar-refractivity contribution < 1.29 is 23.9 Å². The van der Waals surface area contributed by atoms with E-state index in [1.165, 1.54) is 16.5 Å². The largest absolute Gasteiger partial charge is 0.452 e. The van der Waals surface area contributed by atoms with E-state index in [2.05, 4.69) is 17.4 Å².